The Kier molecular flexibility index (Phi) is 6.53. The average Bonchev–Trinajstić information content (AvgIpc) is 3.47. The molecule has 180 valence electrons. The third-order valence-electron chi connectivity index (χ3n) is 5.58. The van der Waals surface area contributed by atoms with Gasteiger partial charge in [-0.05, 0) is 23.3 Å². The number of hydrogen-bond donors (Lipinski definition) is 4. The van der Waals surface area contributed by atoms with Gasteiger partial charge in [-0.2, -0.15) is 15.1 Å². The number of nitrogens with zero attached hydrogens (tertiary/aromatic N) is 5. The maximum absolute atomic E-state index is 10.3. The number of hydrogen-bond acceptors (Lipinski definition) is 10. The normalized spacial score (nSPS) is 20.0. The van der Waals surface area contributed by atoms with E-state index in [1.165, 1.54) is 6.33 Å². The number of nitrogen functional groups attached to an aromatic ring is 1. The number of aromatic nitrogens is 4. The summed E-state index contributed by atoms with van der Waals surface area (Å²) in [7, 11) is 0. The molecule has 2 aromatic heterocycles. The van der Waals surface area contributed by atoms with Gasteiger partial charge in [0.05, 0.1) is 25.3 Å². The Morgan fingerprint density at radius 3 is 2.86 bits per heavy atom. The van der Waals surface area contributed by atoms with Crippen molar-refractivity contribution in [2.24, 2.45) is 5.10 Å². The Bertz CT molecular complexity index is 1330. The molecule has 11 nitrogen and oxygen atoms in total. The zero-order valence-electron chi connectivity index (χ0n) is 18.7. The van der Waals surface area contributed by atoms with Crippen LogP contribution in [0.4, 0.5) is 11.8 Å². The van der Waals surface area contributed by atoms with Gasteiger partial charge in [0.1, 0.15) is 24.0 Å². The van der Waals surface area contributed by atoms with Gasteiger partial charge >= 0.3 is 0 Å². The van der Waals surface area contributed by atoms with E-state index in [1.54, 1.807) is 10.8 Å². The minimum Gasteiger partial charge on any atom is -0.489 e. The van der Waals surface area contributed by atoms with Crippen LogP contribution in [-0.2, 0) is 11.3 Å². The summed E-state index contributed by atoms with van der Waals surface area (Å²) in [5, 5.41) is 23.9. The van der Waals surface area contributed by atoms with Crippen molar-refractivity contribution < 1.29 is 19.7 Å². The Labute approximate surface area is 200 Å². The Morgan fingerprint density at radius 2 is 2.06 bits per heavy atom. The molecule has 3 atom stereocenters. The fourth-order valence-electron chi connectivity index (χ4n) is 3.86. The summed E-state index contributed by atoms with van der Waals surface area (Å²) in [5.74, 6) is 1.05. The SMILES string of the molecule is Nc1nc(N/N=C/c2cccc(OCc3ccccc3)c2)nc2c1ncn2[C@@H]1O[C@H](CO)C[C@@H]1O. The molecule has 0 radical (unpaired) electrons. The highest BCUT2D eigenvalue weighted by molar-refractivity contribution is 5.83. The monoisotopic (exact) mass is 475 g/mol. The number of nitrogens with two attached hydrogens (primary N) is 1. The van der Waals surface area contributed by atoms with E-state index in [1.807, 2.05) is 54.6 Å². The summed E-state index contributed by atoms with van der Waals surface area (Å²) < 4.78 is 13.2. The van der Waals surface area contributed by atoms with E-state index >= 15 is 0 Å². The molecule has 0 spiro atoms. The number of benzene rings is 2. The van der Waals surface area contributed by atoms with Crippen molar-refractivity contribution in [3.05, 3.63) is 72.1 Å². The van der Waals surface area contributed by atoms with Gasteiger partial charge in [-0.15, -0.1) is 0 Å². The minimum absolute atomic E-state index is 0.161. The first-order valence-corrected chi connectivity index (χ1v) is 11.1. The van der Waals surface area contributed by atoms with Crippen LogP contribution in [0.15, 0.2) is 66.0 Å². The number of rotatable bonds is 8. The molecule has 0 unspecified atom stereocenters. The molecule has 4 aromatic rings. The predicted molar refractivity (Wildman–Crippen MR) is 130 cm³/mol. The van der Waals surface area contributed by atoms with Crippen molar-refractivity contribution in [2.45, 2.75) is 31.5 Å². The fourth-order valence-corrected chi connectivity index (χ4v) is 3.86. The molecule has 5 rings (SSSR count). The molecule has 1 fully saturated rings. The second-order valence-corrected chi connectivity index (χ2v) is 8.11. The van der Waals surface area contributed by atoms with Gasteiger partial charge in [-0.25, -0.2) is 10.4 Å². The van der Waals surface area contributed by atoms with Gasteiger partial charge < -0.3 is 25.4 Å². The van der Waals surface area contributed by atoms with Crippen LogP contribution in [-0.4, -0.2) is 54.8 Å². The van der Waals surface area contributed by atoms with E-state index in [0.717, 1.165) is 16.9 Å². The summed E-state index contributed by atoms with van der Waals surface area (Å²) >= 11 is 0. The topological polar surface area (TPSA) is 153 Å². The van der Waals surface area contributed by atoms with Gasteiger partial charge in [-0.3, -0.25) is 4.57 Å². The standard InChI is InChI=1S/C24H25N7O4/c25-21-20-22(31(14-26-20)23-19(33)10-18(12-32)35-23)29-24(28-21)30-27-11-16-7-4-8-17(9-16)34-13-15-5-2-1-3-6-15/h1-9,11,14,18-19,23,32-33H,10,12-13H2,(H3,25,28,29,30)/b27-11+/t18-,19-,23+/m0/s1. The Morgan fingerprint density at radius 1 is 1.20 bits per heavy atom. The first kappa shape index (κ1) is 22.7. The third kappa shape index (κ3) is 5.06. The highest BCUT2D eigenvalue weighted by Gasteiger charge is 2.36. The van der Waals surface area contributed by atoms with Crippen molar-refractivity contribution in [1.29, 1.82) is 0 Å². The molecular formula is C24H25N7O4. The molecule has 0 aliphatic carbocycles. The third-order valence-corrected chi connectivity index (χ3v) is 5.58. The van der Waals surface area contributed by atoms with Gasteiger partial charge in [0, 0.05) is 6.42 Å². The number of fused-ring (bicyclic) bond motifs is 1. The first-order valence-electron chi connectivity index (χ1n) is 11.1. The maximum atomic E-state index is 10.3. The van der Waals surface area contributed by atoms with Gasteiger partial charge in [0.15, 0.2) is 17.7 Å². The molecule has 11 heteroatoms. The highest BCUT2D eigenvalue weighted by Crippen LogP contribution is 2.31. The average molecular weight is 476 g/mol. The van der Waals surface area contributed by atoms with Crippen molar-refractivity contribution >= 4 is 29.1 Å². The van der Waals surface area contributed by atoms with Crippen molar-refractivity contribution in [3.63, 3.8) is 0 Å². The molecule has 1 aliphatic rings. The fraction of sp³-hybridized carbons (Fsp3) is 0.250. The van der Waals surface area contributed by atoms with Crippen LogP contribution in [0, 0.1) is 0 Å². The zero-order valence-corrected chi connectivity index (χ0v) is 18.7. The number of aliphatic hydroxyl groups excluding tert-OH is 2. The van der Waals surface area contributed by atoms with E-state index in [-0.39, 0.29) is 18.4 Å². The van der Waals surface area contributed by atoms with Crippen LogP contribution in [0.3, 0.4) is 0 Å². The molecule has 1 saturated heterocycles. The predicted octanol–water partition coefficient (Wildman–Crippen LogP) is 2.07. The molecule has 1 aliphatic heterocycles. The van der Waals surface area contributed by atoms with E-state index < -0.39 is 18.4 Å². The zero-order chi connectivity index (χ0) is 24.2. The first-order chi connectivity index (χ1) is 17.1. The molecule has 3 heterocycles. The number of nitrogens with one attached hydrogen (secondary N) is 1. The molecule has 0 saturated carbocycles. The van der Waals surface area contributed by atoms with Crippen LogP contribution in [0.5, 0.6) is 5.75 Å². The second kappa shape index (κ2) is 10.1. The van der Waals surface area contributed by atoms with E-state index in [2.05, 4.69) is 25.5 Å². The number of ether oxygens (including phenoxy) is 2. The summed E-state index contributed by atoms with van der Waals surface area (Å²) in [4.78, 5) is 12.9. The second-order valence-electron chi connectivity index (χ2n) is 8.11. The molecule has 2 aromatic carbocycles. The number of aliphatic hydroxyl groups is 2. The lowest BCUT2D eigenvalue weighted by Crippen LogP contribution is -2.19. The summed E-state index contributed by atoms with van der Waals surface area (Å²) in [6.45, 7) is 0.288. The summed E-state index contributed by atoms with van der Waals surface area (Å²) in [6.07, 6.45) is 1.41. The van der Waals surface area contributed by atoms with Crippen molar-refractivity contribution in [3.8, 4) is 5.75 Å². The van der Waals surface area contributed by atoms with E-state index in [0.29, 0.717) is 24.2 Å². The lowest BCUT2D eigenvalue weighted by atomic mass is 10.2. The van der Waals surface area contributed by atoms with Gasteiger partial charge in [-0.1, -0.05) is 42.5 Å². The molecular weight excluding hydrogens is 450 g/mol. The van der Waals surface area contributed by atoms with E-state index in [4.69, 9.17) is 15.2 Å². The van der Waals surface area contributed by atoms with Crippen LogP contribution in [0.25, 0.3) is 11.2 Å². The van der Waals surface area contributed by atoms with E-state index in [9.17, 15) is 10.2 Å². The quantitative estimate of drug-likeness (QED) is 0.222. The van der Waals surface area contributed by atoms with Crippen LogP contribution < -0.4 is 15.9 Å². The largest absolute Gasteiger partial charge is 0.489 e. The highest BCUT2D eigenvalue weighted by atomic mass is 16.5. The summed E-state index contributed by atoms with van der Waals surface area (Å²) in [5.41, 5.74) is 11.5. The minimum atomic E-state index is -0.813. The van der Waals surface area contributed by atoms with Gasteiger partial charge in [0.25, 0.3) is 0 Å². The lowest BCUT2D eigenvalue weighted by molar-refractivity contribution is -0.0486. The van der Waals surface area contributed by atoms with Gasteiger partial charge in [0.2, 0.25) is 5.95 Å². The molecule has 0 bridgehead atoms. The maximum Gasteiger partial charge on any atom is 0.247 e. The molecule has 5 N–H and O–H groups in total. The van der Waals surface area contributed by atoms with Crippen LogP contribution in [0.2, 0.25) is 0 Å². The number of imidazole rings is 1. The number of hydrazone groups is 1. The van der Waals surface area contributed by atoms with Crippen molar-refractivity contribution in [1.82, 2.24) is 19.5 Å². The molecule has 0 amide bonds. The smallest absolute Gasteiger partial charge is 0.247 e. The Hall–Kier alpha value is -4.06. The van der Waals surface area contributed by atoms with Crippen molar-refractivity contribution in [2.75, 3.05) is 17.8 Å². The summed E-state index contributed by atoms with van der Waals surface area (Å²) in [6, 6.07) is 17.5. The Balaban J connectivity index is 1.29. The van der Waals surface area contributed by atoms with Crippen LogP contribution in [0.1, 0.15) is 23.8 Å². The molecule has 35 heavy (non-hydrogen) atoms. The van der Waals surface area contributed by atoms with Crippen LogP contribution >= 0.6 is 0 Å². The number of anilines is 2. The lowest BCUT2D eigenvalue weighted by Gasteiger charge is -2.16.